The zero-order chi connectivity index (χ0) is 22.5. The number of unbranched alkanes of at least 4 members (excludes halogenated alkanes) is 1. The maximum atomic E-state index is 11.5. The Kier molecular flexibility index (Phi) is 11.9. The molecule has 0 saturated heterocycles. The Labute approximate surface area is 187 Å². The molecule has 1 aromatic carbocycles. The highest BCUT2D eigenvalue weighted by Gasteiger charge is 2.40. The molecule has 5 heteroatoms. The monoisotopic (exact) mass is 432 g/mol. The highest BCUT2D eigenvalue weighted by molar-refractivity contribution is 5.69. The molecule has 1 aliphatic rings. The van der Waals surface area contributed by atoms with Gasteiger partial charge in [0.25, 0.3) is 0 Å². The lowest BCUT2D eigenvalue weighted by atomic mass is 9.85. The van der Waals surface area contributed by atoms with Gasteiger partial charge in [-0.05, 0) is 75.2 Å². The third kappa shape index (κ3) is 9.55. The van der Waals surface area contributed by atoms with E-state index in [1.165, 1.54) is 5.56 Å². The van der Waals surface area contributed by atoms with E-state index in [9.17, 15) is 20.1 Å². The number of ether oxygens (including phenoxy) is 1. The number of carbonyl (C=O) groups excluding carboxylic acids is 1. The predicted octanol–water partition coefficient (Wildman–Crippen LogP) is 4.19. The summed E-state index contributed by atoms with van der Waals surface area (Å²) in [5.74, 6) is -0.118. The van der Waals surface area contributed by atoms with Gasteiger partial charge >= 0.3 is 5.97 Å². The number of aliphatic hydroxyl groups is 3. The van der Waals surface area contributed by atoms with Crippen molar-refractivity contribution in [1.82, 2.24) is 0 Å². The Morgan fingerprint density at radius 3 is 2.61 bits per heavy atom. The van der Waals surface area contributed by atoms with Crippen molar-refractivity contribution in [3.8, 4) is 0 Å². The standard InChI is InChI=1S/C26H40O5/c1-2-18-31-26(30)13-9-4-3-8-12-22-23(25(29)19-24(22)28)17-16-21(27)15-14-20-10-6-5-7-11-20/h3,5-8,10-11,21-25,27-29H,2,4,9,12-19H2,1H3/b8-3+. The van der Waals surface area contributed by atoms with Gasteiger partial charge in [0.05, 0.1) is 24.9 Å². The summed E-state index contributed by atoms with van der Waals surface area (Å²) in [6.07, 6.45) is 9.56. The maximum Gasteiger partial charge on any atom is 0.305 e. The topological polar surface area (TPSA) is 87.0 Å². The largest absolute Gasteiger partial charge is 0.466 e. The van der Waals surface area contributed by atoms with Crippen LogP contribution in [0, 0.1) is 11.8 Å². The van der Waals surface area contributed by atoms with E-state index in [0.29, 0.717) is 38.7 Å². The molecule has 5 atom stereocenters. The molecule has 0 aliphatic heterocycles. The van der Waals surface area contributed by atoms with Gasteiger partial charge in [-0.3, -0.25) is 4.79 Å². The van der Waals surface area contributed by atoms with Crippen molar-refractivity contribution in [2.75, 3.05) is 6.61 Å². The van der Waals surface area contributed by atoms with Crippen LogP contribution in [0.5, 0.6) is 0 Å². The third-order valence-corrected chi connectivity index (χ3v) is 6.26. The average molecular weight is 433 g/mol. The molecule has 0 aromatic heterocycles. The van der Waals surface area contributed by atoms with Gasteiger partial charge in [0, 0.05) is 6.42 Å². The van der Waals surface area contributed by atoms with Gasteiger partial charge in [0.2, 0.25) is 0 Å². The van der Waals surface area contributed by atoms with Gasteiger partial charge in [-0.15, -0.1) is 0 Å². The van der Waals surface area contributed by atoms with Crippen molar-refractivity contribution in [2.24, 2.45) is 11.8 Å². The molecular weight excluding hydrogens is 392 g/mol. The molecule has 3 N–H and O–H groups in total. The SMILES string of the molecule is CCCOC(=O)CCC/C=C/CC1C(O)CC(O)C1CCC(O)CCc1ccccc1. The van der Waals surface area contributed by atoms with Crippen LogP contribution in [0.3, 0.4) is 0 Å². The van der Waals surface area contributed by atoms with E-state index in [0.717, 1.165) is 32.1 Å². The van der Waals surface area contributed by atoms with Crippen LogP contribution in [0.4, 0.5) is 0 Å². The normalized spacial score (nSPS) is 24.5. The second kappa shape index (κ2) is 14.4. The molecule has 1 aromatic rings. The number of aryl methyl sites for hydroxylation is 1. The van der Waals surface area contributed by atoms with Crippen molar-refractivity contribution >= 4 is 5.97 Å². The molecule has 0 bridgehead atoms. The molecule has 1 saturated carbocycles. The van der Waals surface area contributed by atoms with Crippen LogP contribution < -0.4 is 0 Å². The minimum atomic E-state index is -0.511. The van der Waals surface area contributed by atoms with E-state index in [1.807, 2.05) is 25.1 Å². The second-order valence-corrected chi connectivity index (χ2v) is 8.77. The Hall–Kier alpha value is -1.69. The van der Waals surface area contributed by atoms with E-state index < -0.39 is 18.3 Å². The fourth-order valence-corrected chi connectivity index (χ4v) is 4.44. The maximum absolute atomic E-state index is 11.5. The molecule has 5 nitrogen and oxygen atoms in total. The summed E-state index contributed by atoms with van der Waals surface area (Å²) in [4.78, 5) is 11.5. The molecule has 1 fully saturated rings. The summed E-state index contributed by atoms with van der Waals surface area (Å²) in [6, 6.07) is 10.1. The van der Waals surface area contributed by atoms with E-state index in [1.54, 1.807) is 0 Å². The first-order valence-electron chi connectivity index (χ1n) is 11.9. The van der Waals surface area contributed by atoms with Gasteiger partial charge in [0.1, 0.15) is 0 Å². The van der Waals surface area contributed by atoms with Crippen LogP contribution in [-0.4, -0.2) is 46.2 Å². The summed E-state index contributed by atoms with van der Waals surface area (Å²) in [5, 5.41) is 31.2. The van der Waals surface area contributed by atoms with Crippen LogP contribution in [0.1, 0.15) is 70.3 Å². The first-order chi connectivity index (χ1) is 15.0. The van der Waals surface area contributed by atoms with Crippen molar-refractivity contribution in [3.05, 3.63) is 48.0 Å². The number of esters is 1. The fraction of sp³-hybridized carbons (Fsp3) is 0.654. The number of hydrogen-bond donors (Lipinski definition) is 3. The Morgan fingerprint density at radius 2 is 1.87 bits per heavy atom. The van der Waals surface area contributed by atoms with Gasteiger partial charge in [-0.2, -0.15) is 0 Å². The van der Waals surface area contributed by atoms with Crippen LogP contribution in [0.2, 0.25) is 0 Å². The van der Waals surface area contributed by atoms with Gasteiger partial charge in [-0.1, -0.05) is 49.4 Å². The van der Waals surface area contributed by atoms with Crippen molar-refractivity contribution in [2.45, 2.75) is 89.4 Å². The quantitative estimate of drug-likeness (QED) is 0.233. The summed E-state index contributed by atoms with van der Waals surface area (Å²) < 4.78 is 5.06. The molecule has 31 heavy (non-hydrogen) atoms. The van der Waals surface area contributed by atoms with Crippen LogP contribution in [-0.2, 0) is 16.0 Å². The molecule has 5 unspecified atom stereocenters. The molecule has 1 aliphatic carbocycles. The van der Waals surface area contributed by atoms with Crippen LogP contribution in [0.25, 0.3) is 0 Å². The summed E-state index contributed by atoms with van der Waals surface area (Å²) >= 11 is 0. The molecule has 0 radical (unpaired) electrons. The van der Waals surface area contributed by atoms with Crippen LogP contribution in [0.15, 0.2) is 42.5 Å². The molecule has 0 heterocycles. The van der Waals surface area contributed by atoms with E-state index in [4.69, 9.17) is 4.74 Å². The first kappa shape index (κ1) is 25.6. The van der Waals surface area contributed by atoms with Gasteiger partial charge < -0.3 is 20.1 Å². The number of hydrogen-bond acceptors (Lipinski definition) is 5. The van der Waals surface area contributed by atoms with Crippen molar-refractivity contribution < 1.29 is 24.9 Å². The number of benzene rings is 1. The van der Waals surface area contributed by atoms with Gasteiger partial charge in [-0.25, -0.2) is 0 Å². The van der Waals surface area contributed by atoms with E-state index in [-0.39, 0.29) is 17.8 Å². The minimum absolute atomic E-state index is 0.00930. The summed E-state index contributed by atoms with van der Waals surface area (Å²) in [5.41, 5.74) is 1.22. The second-order valence-electron chi connectivity index (χ2n) is 8.77. The number of aliphatic hydroxyl groups excluding tert-OH is 3. The van der Waals surface area contributed by atoms with Gasteiger partial charge in [0.15, 0.2) is 0 Å². The highest BCUT2D eigenvalue weighted by Crippen LogP contribution is 2.38. The summed E-state index contributed by atoms with van der Waals surface area (Å²) in [6.45, 7) is 2.46. The van der Waals surface area contributed by atoms with Crippen molar-refractivity contribution in [3.63, 3.8) is 0 Å². The Balaban J connectivity index is 1.69. The number of rotatable bonds is 14. The summed E-state index contributed by atoms with van der Waals surface area (Å²) in [7, 11) is 0. The third-order valence-electron chi connectivity index (χ3n) is 6.26. The lowest BCUT2D eigenvalue weighted by Gasteiger charge is -2.23. The molecule has 0 spiro atoms. The fourth-order valence-electron chi connectivity index (χ4n) is 4.44. The number of allylic oxidation sites excluding steroid dienone is 2. The first-order valence-corrected chi connectivity index (χ1v) is 11.9. The predicted molar refractivity (Wildman–Crippen MR) is 122 cm³/mol. The van der Waals surface area contributed by atoms with Crippen molar-refractivity contribution in [1.29, 1.82) is 0 Å². The van der Waals surface area contributed by atoms with Crippen LogP contribution >= 0.6 is 0 Å². The lowest BCUT2D eigenvalue weighted by molar-refractivity contribution is -0.143. The Morgan fingerprint density at radius 1 is 1.13 bits per heavy atom. The molecule has 2 rings (SSSR count). The van der Waals surface area contributed by atoms with E-state index >= 15 is 0 Å². The average Bonchev–Trinajstić information content (AvgIpc) is 3.04. The van der Waals surface area contributed by atoms with E-state index in [2.05, 4.69) is 24.3 Å². The minimum Gasteiger partial charge on any atom is -0.466 e. The molecule has 0 amide bonds. The highest BCUT2D eigenvalue weighted by atomic mass is 16.5. The number of carbonyl (C=O) groups is 1. The molecule has 174 valence electrons. The Bertz CT molecular complexity index is 644. The molecular formula is C26H40O5. The zero-order valence-electron chi connectivity index (χ0n) is 18.9. The lowest BCUT2D eigenvalue weighted by Crippen LogP contribution is -2.23. The smallest absolute Gasteiger partial charge is 0.305 e. The zero-order valence-corrected chi connectivity index (χ0v) is 18.9.